The minimum Gasteiger partial charge on any atom is -0.768 e. The molecule has 1 unspecified atom stereocenters. The van der Waals surface area contributed by atoms with E-state index in [9.17, 15) is 13.6 Å². The highest BCUT2D eigenvalue weighted by Gasteiger charge is 2.04. The first kappa shape index (κ1) is 10.9. The number of carbonyl (C=O) groups excluding carboxylic acids is 1. The van der Waals surface area contributed by atoms with Crippen LogP contribution in [0.25, 0.3) is 0 Å². The normalized spacial score (nSPS) is 12.2. The Bertz CT molecular complexity index is 361. The summed E-state index contributed by atoms with van der Waals surface area (Å²) in [7, 11) is 1.63. The van der Waals surface area contributed by atoms with Gasteiger partial charge < -0.3 is 9.45 Å². The number of hydrogen-bond donors (Lipinski definition) is 0. The third-order valence-electron chi connectivity index (χ3n) is 1.89. The Hall–Kier alpha value is -1.20. The van der Waals surface area contributed by atoms with Gasteiger partial charge in [0.2, 0.25) is 5.91 Å². The molecule has 0 heterocycles. The molecule has 0 aliphatic rings. The molecule has 4 nitrogen and oxygen atoms in total. The Morgan fingerprint density at radius 1 is 1.36 bits per heavy atom. The average Bonchev–Trinajstić information content (AvgIpc) is 2.16. The topological polar surface area (TPSA) is 60.4 Å². The summed E-state index contributed by atoms with van der Waals surface area (Å²) in [5, 5.41) is 0. The van der Waals surface area contributed by atoms with Crippen LogP contribution in [0, 0.1) is 0 Å². The summed E-state index contributed by atoms with van der Waals surface area (Å²) in [4.78, 5) is 12.6. The summed E-state index contributed by atoms with van der Waals surface area (Å²) >= 11 is -2.21. The summed E-state index contributed by atoms with van der Waals surface area (Å²) in [6.07, 6.45) is 0. The van der Waals surface area contributed by atoms with Crippen molar-refractivity contribution in [3.63, 3.8) is 0 Å². The molecular formula is C9H10NO3S-. The summed E-state index contributed by atoms with van der Waals surface area (Å²) in [6, 6.07) is 6.09. The first-order valence-corrected chi connectivity index (χ1v) is 5.03. The van der Waals surface area contributed by atoms with E-state index in [4.69, 9.17) is 0 Å². The van der Waals surface area contributed by atoms with Crippen LogP contribution >= 0.6 is 0 Å². The van der Waals surface area contributed by atoms with Crippen molar-refractivity contribution in [3.8, 4) is 0 Å². The van der Waals surface area contributed by atoms with Crippen LogP contribution in [0.3, 0.4) is 0 Å². The van der Waals surface area contributed by atoms with E-state index in [2.05, 4.69) is 0 Å². The van der Waals surface area contributed by atoms with Gasteiger partial charge >= 0.3 is 0 Å². The second kappa shape index (κ2) is 4.34. The van der Waals surface area contributed by atoms with Gasteiger partial charge in [0.1, 0.15) is 0 Å². The molecule has 1 rings (SSSR count). The third-order valence-corrected chi connectivity index (χ3v) is 2.55. The van der Waals surface area contributed by atoms with Crippen molar-refractivity contribution in [2.24, 2.45) is 0 Å². The number of carbonyl (C=O) groups is 1. The zero-order valence-corrected chi connectivity index (χ0v) is 8.71. The van der Waals surface area contributed by atoms with Crippen LogP contribution in [-0.4, -0.2) is 21.7 Å². The number of benzene rings is 1. The van der Waals surface area contributed by atoms with Gasteiger partial charge in [0, 0.05) is 24.6 Å². The van der Waals surface area contributed by atoms with Gasteiger partial charge in [-0.05, 0) is 35.3 Å². The van der Waals surface area contributed by atoms with Crippen LogP contribution in [0.1, 0.15) is 6.92 Å². The standard InChI is InChI=1S/C9H11NO3S/c1-7(11)10(2)8-3-5-9(6-4-8)14(12)13/h3-6H,1-2H3,(H,12,13)/p-1. The zero-order valence-electron chi connectivity index (χ0n) is 7.89. The lowest BCUT2D eigenvalue weighted by Gasteiger charge is -2.15. The van der Waals surface area contributed by atoms with Crippen molar-refractivity contribution >= 4 is 22.7 Å². The molecule has 0 spiro atoms. The maximum atomic E-state index is 11.0. The number of amides is 1. The Balaban J connectivity index is 2.94. The van der Waals surface area contributed by atoms with Crippen LogP contribution in [0.15, 0.2) is 29.2 Å². The van der Waals surface area contributed by atoms with Gasteiger partial charge in [-0.25, -0.2) is 0 Å². The van der Waals surface area contributed by atoms with E-state index in [0.717, 1.165) is 0 Å². The molecule has 0 fully saturated rings. The van der Waals surface area contributed by atoms with E-state index in [1.807, 2.05) is 0 Å². The summed E-state index contributed by atoms with van der Waals surface area (Å²) in [5.41, 5.74) is 0.673. The highest BCUT2D eigenvalue weighted by Crippen LogP contribution is 2.15. The molecule has 1 aromatic rings. The van der Waals surface area contributed by atoms with Crippen molar-refractivity contribution in [2.75, 3.05) is 11.9 Å². The van der Waals surface area contributed by atoms with Gasteiger partial charge in [0.25, 0.3) is 0 Å². The molecule has 0 aliphatic heterocycles. The minimum atomic E-state index is -2.21. The Labute approximate surface area is 84.8 Å². The van der Waals surface area contributed by atoms with Crippen LogP contribution in [-0.2, 0) is 15.9 Å². The third kappa shape index (κ3) is 2.40. The van der Waals surface area contributed by atoms with Crippen LogP contribution in [0.5, 0.6) is 0 Å². The number of rotatable bonds is 2. The highest BCUT2D eigenvalue weighted by atomic mass is 32.2. The first-order chi connectivity index (χ1) is 6.52. The maximum absolute atomic E-state index is 11.0. The molecule has 0 saturated carbocycles. The average molecular weight is 212 g/mol. The van der Waals surface area contributed by atoms with E-state index in [-0.39, 0.29) is 10.8 Å². The summed E-state index contributed by atoms with van der Waals surface area (Å²) < 4.78 is 21.1. The second-order valence-corrected chi connectivity index (χ2v) is 3.75. The quantitative estimate of drug-likeness (QED) is 0.684. The molecule has 5 heteroatoms. The largest absolute Gasteiger partial charge is 0.768 e. The SMILES string of the molecule is CC(=O)N(C)c1ccc(S(=O)[O-])cc1. The fraction of sp³-hybridized carbons (Fsp3) is 0.222. The van der Waals surface area contributed by atoms with Gasteiger partial charge in [-0.2, -0.15) is 0 Å². The van der Waals surface area contributed by atoms with Gasteiger partial charge in [0.05, 0.1) is 0 Å². The Morgan fingerprint density at radius 2 is 1.86 bits per heavy atom. The molecule has 0 bridgehead atoms. The molecule has 0 aromatic heterocycles. The second-order valence-electron chi connectivity index (χ2n) is 2.81. The smallest absolute Gasteiger partial charge is 0.223 e. The van der Waals surface area contributed by atoms with Gasteiger partial charge in [-0.15, -0.1) is 0 Å². The molecule has 0 saturated heterocycles. The summed E-state index contributed by atoms with van der Waals surface area (Å²) in [6.45, 7) is 1.44. The predicted octanol–water partition coefficient (Wildman–Crippen LogP) is 0.907. The van der Waals surface area contributed by atoms with Crippen LogP contribution in [0.4, 0.5) is 5.69 Å². The molecule has 0 radical (unpaired) electrons. The molecule has 0 N–H and O–H groups in total. The minimum absolute atomic E-state index is 0.0963. The van der Waals surface area contributed by atoms with Crippen molar-refractivity contribution in [1.82, 2.24) is 0 Å². The van der Waals surface area contributed by atoms with E-state index in [1.54, 1.807) is 19.2 Å². The van der Waals surface area contributed by atoms with E-state index in [1.165, 1.54) is 24.0 Å². The first-order valence-electron chi connectivity index (χ1n) is 3.96. The van der Waals surface area contributed by atoms with Crippen molar-refractivity contribution in [1.29, 1.82) is 0 Å². The Kier molecular flexibility index (Phi) is 3.38. The van der Waals surface area contributed by atoms with Gasteiger partial charge in [0.15, 0.2) is 0 Å². The van der Waals surface area contributed by atoms with Crippen molar-refractivity contribution in [3.05, 3.63) is 24.3 Å². The Morgan fingerprint density at radius 3 is 2.21 bits per heavy atom. The lowest BCUT2D eigenvalue weighted by molar-refractivity contribution is -0.116. The van der Waals surface area contributed by atoms with Crippen LogP contribution < -0.4 is 4.90 Å². The van der Waals surface area contributed by atoms with Crippen molar-refractivity contribution in [2.45, 2.75) is 11.8 Å². The van der Waals surface area contributed by atoms with Crippen molar-refractivity contribution < 1.29 is 13.6 Å². The van der Waals surface area contributed by atoms with Gasteiger partial charge in [-0.1, -0.05) is 0 Å². The molecular weight excluding hydrogens is 202 g/mol. The van der Waals surface area contributed by atoms with Crippen LogP contribution in [0.2, 0.25) is 0 Å². The van der Waals surface area contributed by atoms with E-state index < -0.39 is 11.1 Å². The fourth-order valence-corrected chi connectivity index (χ4v) is 1.32. The number of hydrogen-bond acceptors (Lipinski definition) is 3. The molecule has 1 aromatic carbocycles. The van der Waals surface area contributed by atoms with E-state index in [0.29, 0.717) is 5.69 Å². The molecule has 1 amide bonds. The van der Waals surface area contributed by atoms with E-state index >= 15 is 0 Å². The fourth-order valence-electron chi connectivity index (χ4n) is 0.963. The monoisotopic (exact) mass is 212 g/mol. The molecule has 76 valence electrons. The molecule has 0 aliphatic carbocycles. The lowest BCUT2D eigenvalue weighted by Crippen LogP contribution is -2.22. The van der Waals surface area contributed by atoms with Gasteiger partial charge in [-0.3, -0.25) is 9.00 Å². The predicted molar refractivity (Wildman–Crippen MR) is 52.7 cm³/mol. The number of nitrogens with zero attached hydrogens (tertiary/aromatic N) is 1. The lowest BCUT2D eigenvalue weighted by atomic mass is 10.3. The number of anilines is 1. The zero-order chi connectivity index (χ0) is 10.7. The molecule has 1 atom stereocenters. The molecule has 14 heavy (non-hydrogen) atoms. The maximum Gasteiger partial charge on any atom is 0.223 e. The summed E-state index contributed by atoms with van der Waals surface area (Å²) in [5.74, 6) is -0.0963. The highest BCUT2D eigenvalue weighted by molar-refractivity contribution is 7.79.